The second kappa shape index (κ2) is 6.27. The molecule has 1 amide bonds. The van der Waals surface area contributed by atoms with Crippen molar-refractivity contribution < 1.29 is 4.79 Å². The number of aryl methyl sites for hydroxylation is 1. The summed E-state index contributed by atoms with van der Waals surface area (Å²) >= 11 is 0. The Morgan fingerprint density at radius 3 is 2.70 bits per heavy atom. The van der Waals surface area contributed by atoms with Gasteiger partial charge in [0.25, 0.3) is 0 Å². The van der Waals surface area contributed by atoms with Crippen molar-refractivity contribution in [2.24, 2.45) is 18.9 Å². The van der Waals surface area contributed by atoms with E-state index < -0.39 is 0 Å². The zero-order chi connectivity index (χ0) is 15.8. The maximum absolute atomic E-state index is 12.6. The van der Waals surface area contributed by atoms with Crippen LogP contribution in [-0.4, -0.2) is 39.5 Å². The number of nitrogens with one attached hydrogen (secondary N) is 1. The second-order valence-electron chi connectivity index (χ2n) is 7.62. The maximum atomic E-state index is 12.6. The van der Waals surface area contributed by atoms with E-state index in [0.29, 0.717) is 18.0 Å². The first-order chi connectivity index (χ1) is 11.2. The van der Waals surface area contributed by atoms with Crippen molar-refractivity contribution in [3.8, 4) is 0 Å². The van der Waals surface area contributed by atoms with Crippen LogP contribution in [-0.2, 0) is 11.8 Å². The number of amides is 1. The third-order valence-corrected chi connectivity index (χ3v) is 5.84. The molecule has 2 saturated carbocycles. The van der Waals surface area contributed by atoms with Crippen molar-refractivity contribution in [1.29, 1.82) is 0 Å². The Bertz CT molecular complexity index is 559. The molecule has 0 radical (unpaired) electrons. The third-order valence-electron chi connectivity index (χ3n) is 5.84. The molecule has 4 rings (SSSR count). The maximum Gasteiger partial charge on any atom is 0.225 e. The zero-order valence-corrected chi connectivity index (χ0v) is 14.1. The molecular formula is C18H28N4O. The Morgan fingerprint density at radius 2 is 2.04 bits per heavy atom. The zero-order valence-electron chi connectivity index (χ0n) is 14.1. The molecule has 0 bridgehead atoms. The highest BCUT2D eigenvalue weighted by atomic mass is 16.2. The van der Waals surface area contributed by atoms with Gasteiger partial charge in [0.2, 0.25) is 5.91 Å². The van der Waals surface area contributed by atoms with E-state index in [-0.39, 0.29) is 5.92 Å². The number of carbonyl (C=O) groups is 1. The monoisotopic (exact) mass is 316 g/mol. The molecule has 1 N–H and O–H groups in total. The molecular weight excluding hydrogens is 288 g/mol. The molecule has 3 fully saturated rings. The molecule has 23 heavy (non-hydrogen) atoms. The highest BCUT2D eigenvalue weighted by Crippen LogP contribution is 2.42. The van der Waals surface area contributed by atoms with Gasteiger partial charge in [-0.05, 0) is 50.9 Å². The van der Waals surface area contributed by atoms with Gasteiger partial charge < -0.3 is 14.8 Å². The minimum Gasteiger partial charge on any atom is -0.342 e. The molecule has 3 aliphatic rings. The van der Waals surface area contributed by atoms with Crippen LogP contribution >= 0.6 is 0 Å². The first kappa shape index (κ1) is 15.2. The number of imidazole rings is 1. The van der Waals surface area contributed by atoms with Crippen LogP contribution in [0.4, 0.5) is 0 Å². The van der Waals surface area contributed by atoms with Gasteiger partial charge in [0, 0.05) is 44.5 Å². The average molecular weight is 316 g/mol. The molecule has 2 heterocycles. The lowest BCUT2D eigenvalue weighted by atomic mass is 10.1. The molecule has 1 unspecified atom stereocenters. The van der Waals surface area contributed by atoms with Crippen LogP contribution in [0.15, 0.2) is 12.4 Å². The van der Waals surface area contributed by atoms with Gasteiger partial charge >= 0.3 is 0 Å². The molecule has 5 heteroatoms. The van der Waals surface area contributed by atoms with Gasteiger partial charge in [0.05, 0.1) is 6.04 Å². The topological polar surface area (TPSA) is 50.2 Å². The Labute approximate surface area is 138 Å². The molecule has 0 aromatic carbocycles. The van der Waals surface area contributed by atoms with E-state index in [1.807, 2.05) is 12.4 Å². The third kappa shape index (κ3) is 3.16. The van der Waals surface area contributed by atoms with Gasteiger partial charge in [0.1, 0.15) is 5.82 Å². The summed E-state index contributed by atoms with van der Waals surface area (Å²) in [5.41, 5.74) is 0. The predicted molar refractivity (Wildman–Crippen MR) is 88.8 cm³/mol. The van der Waals surface area contributed by atoms with E-state index in [2.05, 4.69) is 26.8 Å². The van der Waals surface area contributed by atoms with Crippen LogP contribution < -0.4 is 5.32 Å². The Morgan fingerprint density at radius 1 is 1.26 bits per heavy atom. The van der Waals surface area contributed by atoms with Crippen LogP contribution in [0.5, 0.6) is 0 Å². The average Bonchev–Trinajstić information content (AvgIpc) is 2.98. The smallest absolute Gasteiger partial charge is 0.225 e. The normalized spacial score (nSPS) is 29.2. The summed E-state index contributed by atoms with van der Waals surface area (Å²) in [4.78, 5) is 19.2. The van der Waals surface area contributed by atoms with Gasteiger partial charge in [-0.25, -0.2) is 4.98 Å². The van der Waals surface area contributed by atoms with Gasteiger partial charge in [-0.15, -0.1) is 0 Å². The van der Waals surface area contributed by atoms with Gasteiger partial charge in [-0.2, -0.15) is 0 Å². The van der Waals surface area contributed by atoms with Crippen LogP contribution in [0.3, 0.4) is 0 Å². The van der Waals surface area contributed by atoms with Crippen molar-refractivity contribution in [3.63, 3.8) is 0 Å². The second-order valence-corrected chi connectivity index (χ2v) is 7.62. The molecule has 5 nitrogen and oxygen atoms in total. The fraction of sp³-hybridized carbons (Fsp3) is 0.778. The summed E-state index contributed by atoms with van der Waals surface area (Å²) in [7, 11) is 2.08. The van der Waals surface area contributed by atoms with Crippen molar-refractivity contribution >= 4 is 5.91 Å². The van der Waals surface area contributed by atoms with Crippen LogP contribution in [0.2, 0.25) is 0 Å². The first-order valence-electron chi connectivity index (χ1n) is 9.24. The summed E-state index contributed by atoms with van der Waals surface area (Å²) < 4.78 is 2.14. The number of aromatic nitrogens is 2. The minimum atomic E-state index is 0.242. The standard InChI is InChI=1S/C18H28N4O/c1-21-11-8-19-17(21)16(13-4-5-13)20-15-7-6-14(12-15)18(23)22-9-2-3-10-22/h8,11,13-16,20H,2-7,9-10,12H2,1H3/t14-,15+,16?/m1/s1. The summed E-state index contributed by atoms with van der Waals surface area (Å²) in [6, 6.07) is 0.828. The molecule has 2 aliphatic carbocycles. The lowest BCUT2D eigenvalue weighted by Crippen LogP contribution is -2.36. The quantitative estimate of drug-likeness (QED) is 0.906. The number of hydrogen-bond acceptors (Lipinski definition) is 3. The first-order valence-corrected chi connectivity index (χ1v) is 9.24. The summed E-state index contributed by atoms with van der Waals surface area (Å²) in [6.45, 7) is 1.96. The molecule has 1 saturated heterocycles. The number of hydrogen-bond donors (Lipinski definition) is 1. The van der Waals surface area contributed by atoms with Crippen LogP contribution in [0.1, 0.15) is 56.8 Å². The number of likely N-dealkylation sites (tertiary alicyclic amines) is 1. The van der Waals surface area contributed by atoms with Crippen molar-refractivity contribution in [1.82, 2.24) is 19.8 Å². The molecule has 0 spiro atoms. The Kier molecular flexibility index (Phi) is 4.14. The summed E-state index contributed by atoms with van der Waals surface area (Å²) in [6.07, 6.45) is 12.1. The van der Waals surface area contributed by atoms with Gasteiger partial charge in [0.15, 0.2) is 0 Å². The molecule has 1 aliphatic heterocycles. The van der Waals surface area contributed by atoms with Crippen molar-refractivity contribution in [2.75, 3.05) is 13.1 Å². The summed E-state index contributed by atoms with van der Waals surface area (Å²) in [5.74, 6) is 2.53. The lowest BCUT2D eigenvalue weighted by Gasteiger charge is -2.23. The SMILES string of the molecule is Cn1ccnc1C(N[C@H]1CC[C@@H](C(=O)N2CCCC2)C1)C1CC1. The van der Waals surface area contributed by atoms with E-state index in [1.165, 1.54) is 25.7 Å². The fourth-order valence-corrected chi connectivity index (χ4v) is 4.33. The van der Waals surface area contributed by atoms with Gasteiger partial charge in [-0.1, -0.05) is 0 Å². The van der Waals surface area contributed by atoms with E-state index >= 15 is 0 Å². The van der Waals surface area contributed by atoms with Gasteiger partial charge in [-0.3, -0.25) is 4.79 Å². The molecule has 3 atom stereocenters. The lowest BCUT2D eigenvalue weighted by molar-refractivity contribution is -0.134. The minimum absolute atomic E-state index is 0.242. The Hall–Kier alpha value is -1.36. The Balaban J connectivity index is 1.37. The summed E-state index contributed by atoms with van der Waals surface area (Å²) in [5, 5.41) is 3.84. The molecule has 1 aromatic rings. The van der Waals surface area contributed by atoms with E-state index in [4.69, 9.17) is 0 Å². The van der Waals surface area contributed by atoms with Crippen LogP contribution in [0, 0.1) is 11.8 Å². The number of carbonyl (C=O) groups excluding carboxylic acids is 1. The molecule has 126 valence electrons. The van der Waals surface area contributed by atoms with E-state index in [0.717, 1.165) is 44.1 Å². The fourth-order valence-electron chi connectivity index (χ4n) is 4.33. The largest absolute Gasteiger partial charge is 0.342 e. The number of rotatable bonds is 5. The highest BCUT2D eigenvalue weighted by Gasteiger charge is 2.39. The molecule has 1 aromatic heterocycles. The predicted octanol–water partition coefficient (Wildman–Crippen LogP) is 2.25. The van der Waals surface area contributed by atoms with Crippen LogP contribution in [0.25, 0.3) is 0 Å². The van der Waals surface area contributed by atoms with Crippen molar-refractivity contribution in [2.45, 2.75) is 57.0 Å². The highest BCUT2D eigenvalue weighted by molar-refractivity contribution is 5.79. The van der Waals surface area contributed by atoms with Crippen molar-refractivity contribution in [3.05, 3.63) is 18.2 Å². The van der Waals surface area contributed by atoms with E-state index in [9.17, 15) is 4.79 Å². The van der Waals surface area contributed by atoms with E-state index in [1.54, 1.807) is 0 Å². The number of nitrogens with zero attached hydrogens (tertiary/aromatic N) is 3.